The first-order valence-electron chi connectivity index (χ1n) is 7.35. The van der Waals surface area contributed by atoms with E-state index < -0.39 is 5.60 Å². The number of hydrogen-bond donors (Lipinski definition) is 1. The third-order valence-electron chi connectivity index (χ3n) is 3.49. The number of carbonyl (C=O) groups excluding carboxylic acids is 1. The van der Waals surface area contributed by atoms with E-state index in [0.717, 1.165) is 12.5 Å². The molecule has 1 aliphatic rings. The Kier molecular flexibility index (Phi) is 6.13. The molecule has 1 rings (SSSR count). The smallest absolute Gasteiger partial charge is 0.323 e. The Morgan fingerprint density at radius 2 is 1.89 bits per heavy atom. The van der Waals surface area contributed by atoms with Crippen molar-refractivity contribution in [3.05, 3.63) is 0 Å². The lowest BCUT2D eigenvalue weighted by Gasteiger charge is -2.24. The standard InChI is InChI=1S/C15H29NO2/c1-12(14(17)18-15(2,3)4)16-11-10-13-8-6-5-7-9-13/h12-13,16H,5-11H2,1-4H3. The van der Waals surface area contributed by atoms with Crippen molar-refractivity contribution in [1.82, 2.24) is 5.32 Å². The van der Waals surface area contributed by atoms with Crippen molar-refractivity contribution in [3.8, 4) is 0 Å². The van der Waals surface area contributed by atoms with Crippen LogP contribution in [0.25, 0.3) is 0 Å². The normalized spacial score (nSPS) is 19.6. The predicted octanol–water partition coefficient (Wildman–Crippen LogP) is 3.28. The molecule has 0 heterocycles. The maximum absolute atomic E-state index is 11.8. The average Bonchev–Trinajstić information content (AvgIpc) is 2.28. The topological polar surface area (TPSA) is 38.3 Å². The van der Waals surface area contributed by atoms with E-state index in [9.17, 15) is 4.79 Å². The summed E-state index contributed by atoms with van der Waals surface area (Å²) in [6, 6.07) is -0.201. The van der Waals surface area contributed by atoms with Crippen molar-refractivity contribution in [2.24, 2.45) is 5.92 Å². The van der Waals surface area contributed by atoms with Crippen LogP contribution in [0.4, 0.5) is 0 Å². The third kappa shape index (κ3) is 6.39. The third-order valence-corrected chi connectivity index (χ3v) is 3.49. The summed E-state index contributed by atoms with van der Waals surface area (Å²) in [5.74, 6) is 0.711. The molecular weight excluding hydrogens is 226 g/mol. The van der Waals surface area contributed by atoms with Crippen LogP contribution >= 0.6 is 0 Å². The van der Waals surface area contributed by atoms with Crippen LogP contribution in [0.15, 0.2) is 0 Å². The molecule has 106 valence electrons. The molecule has 0 saturated heterocycles. The van der Waals surface area contributed by atoms with Crippen molar-refractivity contribution >= 4 is 5.97 Å². The largest absolute Gasteiger partial charge is 0.459 e. The van der Waals surface area contributed by atoms with Crippen LogP contribution in [0, 0.1) is 5.92 Å². The van der Waals surface area contributed by atoms with E-state index >= 15 is 0 Å². The fraction of sp³-hybridized carbons (Fsp3) is 0.933. The monoisotopic (exact) mass is 255 g/mol. The minimum absolute atomic E-state index is 0.147. The summed E-state index contributed by atoms with van der Waals surface area (Å²) in [5, 5.41) is 3.28. The van der Waals surface area contributed by atoms with Crippen molar-refractivity contribution < 1.29 is 9.53 Å². The lowest BCUT2D eigenvalue weighted by Crippen LogP contribution is -2.40. The van der Waals surface area contributed by atoms with Crippen molar-refractivity contribution in [1.29, 1.82) is 0 Å². The molecule has 1 aliphatic carbocycles. The summed E-state index contributed by atoms with van der Waals surface area (Å²) in [6.45, 7) is 8.51. The number of ether oxygens (including phenoxy) is 1. The molecule has 0 aromatic carbocycles. The van der Waals surface area contributed by atoms with Gasteiger partial charge in [0, 0.05) is 0 Å². The number of esters is 1. The Balaban J connectivity index is 2.15. The quantitative estimate of drug-likeness (QED) is 0.766. The molecule has 1 saturated carbocycles. The fourth-order valence-electron chi connectivity index (χ4n) is 2.45. The molecule has 1 fully saturated rings. The van der Waals surface area contributed by atoms with Gasteiger partial charge in [-0.25, -0.2) is 0 Å². The Labute approximate surface area is 112 Å². The van der Waals surface area contributed by atoms with Gasteiger partial charge in [-0.2, -0.15) is 0 Å². The van der Waals surface area contributed by atoms with Gasteiger partial charge in [0.25, 0.3) is 0 Å². The molecule has 3 nitrogen and oxygen atoms in total. The lowest BCUT2D eigenvalue weighted by atomic mass is 9.87. The zero-order valence-corrected chi connectivity index (χ0v) is 12.4. The summed E-state index contributed by atoms with van der Waals surface area (Å²) in [7, 11) is 0. The van der Waals surface area contributed by atoms with Crippen molar-refractivity contribution in [3.63, 3.8) is 0 Å². The molecule has 1 atom stereocenters. The summed E-state index contributed by atoms with van der Waals surface area (Å²) < 4.78 is 5.34. The summed E-state index contributed by atoms with van der Waals surface area (Å²) >= 11 is 0. The second-order valence-corrected chi connectivity index (χ2v) is 6.50. The molecule has 1 N–H and O–H groups in total. The van der Waals surface area contributed by atoms with Gasteiger partial charge in [0.1, 0.15) is 11.6 Å². The van der Waals surface area contributed by atoms with Crippen LogP contribution < -0.4 is 5.32 Å². The number of rotatable bonds is 5. The van der Waals surface area contributed by atoms with Crippen LogP contribution in [0.5, 0.6) is 0 Å². The maximum atomic E-state index is 11.8. The highest BCUT2D eigenvalue weighted by atomic mass is 16.6. The second kappa shape index (κ2) is 7.13. The molecule has 0 amide bonds. The molecule has 0 aliphatic heterocycles. The first kappa shape index (κ1) is 15.5. The maximum Gasteiger partial charge on any atom is 0.323 e. The Hall–Kier alpha value is -0.570. The van der Waals surface area contributed by atoms with Crippen molar-refractivity contribution in [2.75, 3.05) is 6.54 Å². The highest BCUT2D eigenvalue weighted by Crippen LogP contribution is 2.25. The summed E-state index contributed by atoms with van der Waals surface area (Å²) in [4.78, 5) is 11.8. The first-order chi connectivity index (χ1) is 8.38. The average molecular weight is 255 g/mol. The molecule has 0 aromatic rings. The lowest BCUT2D eigenvalue weighted by molar-refractivity contribution is -0.156. The van der Waals surface area contributed by atoms with Crippen LogP contribution in [0.2, 0.25) is 0 Å². The fourth-order valence-corrected chi connectivity index (χ4v) is 2.45. The van der Waals surface area contributed by atoms with Crippen LogP contribution in [-0.2, 0) is 9.53 Å². The van der Waals surface area contributed by atoms with Crippen LogP contribution in [-0.4, -0.2) is 24.2 Å². The van der Waals surface area contributed by atoms with E-state index in [-0.39, 0.29) is 12.0 Å². The number of carbonyl (C=O) groups is 1. The Morgan fingerprint density at radius 1 is 1.28 bits per heavy atom. The van der Waals surface area contributed by atoms with Gasteiger partial charge in [0.05, 0.1) is 0 Å². The minimum Gasteiger partial charge on any atom is -0.459 e. The molecule has 18 heavy (non-hydrogen) atoms. The molecule has 0 radical (unpaired) electrons. The molecule has 0 spiro atoms. The van der Waals surface area contributed by atoms with Gasteiger partial charge in [0.2, 0.25) is 0 Å². The first-order valence-corrected chi connectivity index (χ1v) is 7.35. The SMILES string of the molecule is CC(NCCC1CCCCC1)C(=O)OC(C)(C)C. The minimum atomic E-state index is -0.392. The summed E-state index contributed by atoms with van der Waals surface area (Å²) in [5.41, 5.74) is -0.392. The number of nitrogens with one attached hydrogen (secondary N) is 1. The van der Waals surface area contributed by atoms with E-state index in [1.165, 1.54) is 38.5 Å². The van der Waals surface area contributed by atoms with Gasteiger partial charge in [-0.3, -0.25) is 4.79 Å². The predicted molar refractivity (Wildman–Crippen MR) is 74.5 cm³/mol. The van der Waals surface area contributed by atoms with E-state index in [0.29, 0.717) is 0 Å². The van der Waals surface area contributed by atoms with E-state index in [4.69, 9.17) is 4.74 Å². The molecule has 1 unspecified atom stereocenters. The van der Waals surface area contributed by atoms with Gasteiger partial charge in [-0.15, -0.1) is 0 Å². The van der Waals surface area contributed by atoms with Gasteiger partial charge < -0.3 is 10.1 Å². The van der Waals surface area contributed by atoms with Crippen LogP contribution in [0.1, 0.15) is 66.2 Å². The van der Waals surface area contributed by atoms with Gasteiger partial charge in [0.15, 0.2) is 0 Å². The zero-order valence-electron chi connectivity index (χ0n) is 12.4. The molecule has 0 bridgehead atoms. The highest BCUT2D eigenvalue weighted by Gasteiger charge is 2.21. The number of hydrogen-bond acceptors (Lipinski definition) is 3. The molecule has 0 aromatic heterocycles. The molecule has 3 heteroatoms. The van der Waals surface area contributed by atoms with E-state index in [2.05, 4.69) is 5.32 Å². The van der Waals surface area contributed by atoms with Crippen LogP contribution in [0.3, 0.4) is 0 Å². The van der Waals surface area contributed by atoms with Gasteiger partial charge >= 0.3 is 5.97 Å². The Morgan fingerprint density at radius 3 is 2.44 bits per heavy atom. The Bertz CT molecular complexity index is 252. The highest BCUT2D eigenvalue weighted by molar-refractivity contribution is 5.75. The van der Waals surface area contributed by atoms with Gasteiger partial charge in [-0.1, -0.05) is 32.1 Å². The summed E-state index contributed by atoms with van der Waals surface area (Å²) in [6.07, 6.45) is 8.08. The van der Waals surface area contributed by atoms with Gasteiger partial charge in [-0.05, 0) is 46.6 Å². The van der Waals surface area contributed by atoms with E-state index in [1.807, 2.05) is 27.7 Å². The van der Waals surface area contributed by atoms with Crippen molar-refractivity contribution in [2.45, 2.75) is 77.9 Å². The zero-order chi connectivity index (χ0) is 13.6. The molecular formula is C15H29NO2. The van der Waals surface area contributed by atoms with E-state index in [1.54, 1.807) is 0 Å². The second-order valence-electron chi connectivity index (χ2n) is 6.50.